The number of hydrogen-bond donors (Lipinski definition) is 2. The molecule has 0 radical (unpaired) electrons. The van der Waals surface area contributed by atoms with E-state index >= 15 is 0 Å². The van der Waals surface area contributed by atoms with Gasteiger partial charge in [0.15, 0.2) is 0 Å². The van der Waals surface area contributed by atoms with E-state index in [1.54, 1.807) is 0 Å². The lowest BCUT2D eigenvalue weighted by Gasteiger charge is -2.13. The number of phenols is 1. The number of benzene rings is 3. The van der Waals surface area contributed by atoms with E-state index in [1.165, 1.54) is 12.1 Å². The molecule has 1 aromatic heterocycles. The lowest BCUT2D eigenvalue weighted by Crippen LogP contribution is -2.20. The topological polar surface area (TPSA) is 92.4 Å². The van der Waals surface area contributed by atoms with Crippen LogP contribution in [0.3, 0.4) is 0 Å². The van der Waals surface area contributed by atoms with Crippen molar-refractivity contribution < 1.29 is 37.4 Å². The molecule has 0 aliphatic heterocycles. The Balaban J connectivity index is 1.98. The van der Waals surface area contributed by atoms with Crippen LogP contribution in [0.2, 0.25) is 5.02 Å². The fourth-order valence-electron chi connectivity index (χ4n) is 3.38. The third kappa shape index (κ3) is 3.89. The summed E-state index contributed by atoms with van der Waals surface area (Å²) in [7, 11) is 0. The van der Waals surface area contributed by atoms with Gasteiger partial charge in [0.25, 0.3) is 5.91 Å². The van der Waals surface area contributed by atoms with E-state index < -0.39 is 40.0 Å². The van der Waals surface area contributed by atoms with E-state index in [2.05, 4.69) is 5.10 Å². The van der Waals surface area contributed by atoms with Gasteiger partial charge in [0.1, 0.15) is 17.3 Å². The molecule has 11 heteroatoms. The van der Waals surface area contributed by atoms with Gasteiger partial charge in [0.05, 0.1) is 27.2 Å². The molecular formula is C22H11ClF4N2O4. The Bertz CT molecular complexity index is 1450. The smallest absolute Gasteiger partial charge is 0.417 e. The van der Waals surface area contributed by atoms with Gasteiger partial charge in [0, 0.05) is 17.0 Å². The van der Waals surface area contributed by atoms with Gasteiger partial charge in [-0.1, -0.05) is 17.7 Å². The molecule has 6 nitrogen and oxygen atoms in total. The normalized spacial score (nSPS) is 11.7. The van der Waals surface area contributed by atoms with Crippen molar-refractivity contribution >= 4 is 34.4 Å². The van der Waals surface area contributed by atoms with E-state index in [-0.39, 0.29) is 33.5 Å². The monoisotopic (exact) mass is 478 g/mol. The van der Waals surface area contributed by atoms with E-state index in [0.717, 1.165) is 36.4 Å². The van der Waals surface area contributed by atoms with Gasteiger partial charge in [-0.15, -0.1) is 0 Å². The highest BCUT2D eigenvalue weighted by Crippen LogP contribution is 2.37. The quantitative estimate of drug-likeness (QED) is 0.374. The summed E-state index contributed by atoms with van der Waals surface area (Å²) >= 11 is 5.93. The van der Waals surface area contributed by atoms with Crippen molar-refractivity contribution in [3.8, 4) is 17.0 Å². The second-order valence-electron chi connectivity index (χ2n) is 6.93. The van der Waals surface area contributed by atoms with Crippen LogP contribution in [-0.2, 0) is 6.18 Å². The number of aromatic nitrogens is 2. The SMILES string of the molecule is O=C(O)c1ccc(-c2nn(C(=O)c3c(Cl)cccc3C(F)(F)F)c3cc(O)ccc23)c(F)c1. The zero-order valence-electron chi connectivity index (χ0n) is 16.2. The van der Waals surface area contributed by atoms with Gasteiger partial charge in [-0.25, -0.2) is 9.18 Å². The predicted octanol–water partition coefficient (Wildman–Crippen LogP) is 5.61. The van der Waals surface area contributed by atoms with Crippen LogP contribution in [0.5, 0.6) is 5.75 Å². The number of nitrogens with zero attached hydrogens (tertiary/aromatic N) is 2. The number of hydrogen-bond acceptors (Lipinski definition) is 4. The summed E-state index contributed by atoms with van der Waals surface area (Å²) in [6.07, 6.45) is -4.90. The number of halogens is 5. The average Bonchev–Trinajstić information content (AvgIpc) is 3.10. The van der Waals surface area contributed by atoms with Crippen LogP contribution in [0.15, 0.2) is 54.6 Å². The Morgan fingerprint density at radius 1 is 1.03 bits per heavy atom. The van der Waals surface area contributed by atoms with E-state index in [1.807, 2.05) is 0 Å². The molecule has 0 saturated carbocycles. The minimum Gasteiger partial charge on any atom is -0.508 e. The van der Waals surface area contributed by atoms with Gasteiger partial charge in [-0.3, -0.25) is 4.79 Å². The zero-order valence-corrected chi connectivity index (χ0v) is 16.9. The number of alkyl halides is 3. The molecule has 3 aromatic carbocycles. The fraction of sp³-hybridized carbons (Fsp3) is 0.0455. The molecule has 0 fully saturated rings. The van der Waals surface area contributed by atoms with Crippen LogP contribution in [0.4, 0.5) is 17.6 Å². The van der Waals surface area contributed by atoms with Gasteiger partial charge in [-0.2, -0.15) is 23.0 Å². The molecule has 33 heavy (non-hydrogen) atoms. The minimum atomic E-state index is -4.90. The molecule has 0 bridgehead atoms. The van der Waals surface area contributed by atoms with Gasteiger partial charge in [-0.05, 0) is 42.5 Å². The summed E-state index contributed by atoms with van der Waals surface area (Å²) < 4.78 is 55.9. The molecule has 168 valence electrons. The number of carbonyl (C=O) groups excluding carboxylic acids is 1. The lowest BCUT2D eigenvalue weighted by molar-refractivity contribution is -0.137. The van der Waals surface area contributed by atoms with Crippen molar-refractivity contribution in [1.82, 2.24) is 9.78 Å². The number of carbonyl (C=O) groups is 2. The molecule has 4 aromatic rings. The van der Waals surface area contributed by atoms with Crippen molar-refractivity contribution in [3.63, 3.8) is 0 Å². The lowest BCUT2D eigenvalue weighted by atomic mass is 10.0. The molecule has 2 N–H and O–H groups in total. The second kappa shape index (κ2) is 7.89. The first-order valence-electron chi connectivity index (χ1n) is 9.14. The van der Waals surface area contributed by atoms with Crippen LogP contribution >= 0.6 is 11.6 Å². The summed E-state index contributed by atoms with van der Waals surface area (Å²) in [6, 6.07) is 9.44. The van der Waals surface area contributed by atoms with Gasteiger partial charge >= 0.3 is 12.1 Å². The largest absolute Gasteiger partial charge is 0.508 e. The fourth-order valence-corrected chi connectivity index (χ4v) is 3.64. The Labute approximate surface area is 187 Å². The Morgan fingerprint density at radius 3 is 2.39 bits per heavy atom. The first-order valence-corrected chi connectivity index (χ1v) is 9.52. The molecule has 0 unspecified atom stereocenters. The molecule has 0 atom stereocenters. The Kier molecular flexibility index (Phi) is 5.33. The van der Waals surface area contributed by atoms with Crippen molar-refractivity contribution in [2.24, 2.45) is 0 Å². The number of aromatic carboxylic acids is 1. The maximum absolute atomic E-state index is 14.7. The molecule has 0 saturated heterocycles. The van der Waals surface area contributed by atoms with Crippen molar-refractivity contribution in [1.29, 1.82) is 0 Å². The highest BCUT2D eigenvalue weighted by atomic mass is 35.5. The Morgan fingerprint density at radius 2 is 1.76 bits per heavy atom. The van der Waals surface area contributed by atoms with Crippen molar-refractivity contribution in [2.45, 2.75) is 6.18 Å². The molecule has 0 aliphatic rings. The minimum absolute atomic E-state index is 0.107. The number of phenolic OH excluding ortho intramolecular Hbond substituents is 1. The van der Waals surface area contributed by atoms with E-state index in [4.69, 9.17) is 16.7 Å². The van der Waals surface area contributed by atoms with Gasteiger partial charge < -0.3 is 10.2 Å². The number of aromatic hydroxyl groups is 1. The van der Waals surface area contributed by atoms with Crippen LogP contribution in [0, 0.1) is 5.82 Å². The third-order valence-electron chi connectivity index (χ3n) is 4.86. The van der Waals surface area contributed by atoms with Crippen molar-refractivity contribution in [2.75, 3.05) is 0 Å². The molecule has 0 spiro atoms. The molecule has 1 heterocycles. The standard InChI is InChI=1S/C22H11ClF4N2O4/c23-15-3-1-2-14(22(25,26)27)18(15)20(31)29-17-9-11(30)5-7-13(17)19(28-29)12-6-4-10(21(32)33)8-16(12)24/h1-9,30H,(H,32,33). The van der Waals surface area contributed by atoms with Crippen LogP contribution in [0.1, 0.15) is 26.3 Å². The van der Waals surface area contributed by atoms with Crippen LogP contribution in [-0.4, -0.2) is 31.9 Å². The summed E-state index contributed by atoms with van der Waals surface area (Å²) in [4.78, 5) is 24.3. The maximum atomic E-state index is 14.7. The predicted molar refractivity (Wildman–Crippen MR) is 110 cm³/mol. The number of rotatable bonds is 3. The third-order valence-corrected chi connectivity index (χ3v) is 5.18. The molecule has 0 amide bonds. The number of fused-ring (bicyclic) bond motifs is 1. The maximum Gasteiger partial charge on any atom is 0.417 e. The number of carboxylic acid groups (broad SMARTS) is 1. The average molecular weight is 479 g/mol. The van der Waals surface area contributed by atoms with E-state index in [9.17, 15) is 32.3 Å². The molecular weight excluding hydrogens is 468 g/mol. The second-order valence-corrected chi connectivity index (χ2v) is 7.33. The first kappa shape index (κ1) is 22.3. The highest BCUT2D eigenvalue weighted by Gasteiger charge is 2.37. The first-order chi connectivity index (χ1) is 15.5. The summed E-state index contributed by atoms with van der Waals surface area (Å²) in [6.45, 7) is 0. The Hall–Kier alpha value is -3.92. The summed E-state index contributed by atoms with van der Waals surface area (Å²) in [5, 5.41) is 22.6. The van der Waals surface area contributed by atoms with Crippen molar-refractivity contribution in [3.05, 3.63) is 82.1 Å². The molecule has 0 aliphatic carbocycles. The molecule has 4 rings (SSSR count). The van der Waals surface area contributed by atoms with Crippen LogP contribution in [0.25, 0.3) is 22.2 Å². The zero-order chi connectivity index (χ0) is 24.1. The summed E-state index contributed by atoms with van der Waals surface area (Å²) in [5.41, 5.74) is -2.94. The van der Waals surface area contributed by atoms with Gasteiger partial charge in [0.2, 0.25) is 0 Å². The summed E-state index contributed by atoms with van der Waals surface area (Å²) in [5.74, 6) is -3.91. The number of carboxylic acids is 1. The highest BCUT2D eigenvalue weighted by molar-refractivity contribution is 6.34. The van der Waals surface area contributed by atoms with E-state index in [0.29, 0.717) is 10.7 Å². The van der Waals surface area contributed by atoms with Crippen LogP contribution < -0.4 is 0 Å².